The molecule has 0 unspecified atom stereocenters. The fraction of sp³-hybridized carbons (Fsp3) is 0.154. The standard InChI is InChI=1S/C26H24ClFN6O2/c1-2-36-24(35)9-6-18-4-3-5-19(14-18)21-16-31-26(32-20-7-8-23(28)22(27)15-20)33-25(21)30-11-13-34-12-10-29-17-34/h3-10,12,14-17H,2,11,13H2,1H3,(H2,30,31,32,33). The van der Waals surface area contributed by atoms with Crippen LogP contribution in [-0.4, -0.2) is 38.6 Å². The summed E-state index contributed by atoms with van der Waals surface area (Å²) in [5, 5.41) is 6.43. The van der Waals surface area contributed by atoms with Crippen molar-refractivity contribution >= 4 is 41.1 Å². The van der Waals surface area contributed by atoms with Crippen molar-refractivity contribution in [1.29, 1.82) is 0 Å². The van der Waals surface area contributed by atoms with Crippen LogP contribution in [0.1, 0.15) is 12.5 Å². The number of ether oxygens (including phenoxy) is 1. The van der Waals surface area contributed by atoms with Gasteiger partial charge >= 0.3 is 5.97 Å². The molecule has 0 saturated heterocycles. The van der Waals surface area contributed by atoms with E-state index in [1.165, 1.54) is 18.2 Å². The molecule has 0 radical (unpaired) electrons. The quantitative estimate of drug-likeness (QED) is 0.215. The van der Waals surface area contributed by atoms with E-state index in [9.17, 15) is 9.18 Å². The Bertz CT molecular complexity index is 1360. The highest BCUT2D eigenvalue weighted by atomic mass is 35.5. The van der Waals surface area contributed by atoms with E-state index in [-0.39, 0.29) is 5.02 Å². The molecule has 0 aliphatic carbocycles. The zero-order valence-corrected chi connectivity index (χ0v) is 20.2. The highest BCUT2D eigenvalue weighted by Gasteiger charge is 2.11. The number of esters is 1. The number of hydrogen-bond acceptors (Lipinski definition) is 7. The lowest BCUT2D eigenvalue weighted by Crippen LogP contribution is -2.12. The van der Waals surface area contributed by atoms with Gasteiger partial charge in [-0.3, -0.25) is 0 Å². The van der Waals surface area contributed by atoms with Crippen LogP contribution in [0, 0.1) is 5.82 Å². The smallest absolute Gasteiger partial charge is 0.330 e. The molecule has 0 saturated carbocycles. The molecule has 0 fully saturated rings. The number of nitrogens with one attached hydrogen (secondary N) is 2. The van der Waals surface area contributed by atoms with E-state index < -0.39 is 11.8 Å². The highest BCUT2D eigenvalue weighted by Crippen LogP contribution is 2.29. The van der Waals surface area contributed by atoms with Crippen molar-refractivity contribution in [2.75, 3.05) is 23.8 Å². The Labute approximate surface area is 212 Å². The molecule has 10 heteroatoms. The third kappa shape index (κ3) is 6.67. The Kier molecular flexibility index (Phi) is 8.25. The van der Waals surface area contributed by atoms with Crippen LogP contribution in [0.3, 0.4) is 0 Å². The van der Waals surface area contributed by atoms with Gasteiger partial charge in [0.2, 0.25) is 5.95 Å². The minimum Gasteiger partial charge on any atom is -0.463 e. The lowest BCUT2D eigenvalue weighted by molar-refractivity contribution is -0.137. The molecule has 36 heavy (non-hydrogen) atoms. The lowest BCUT2D eigenvalue weighted by atomic mass is 10.0. The molecule has 4 aromatic rings. The van der Waals surface area contributed by atoms with Gasteiger partial charge in [-0.2, -0.15) is 4.98 Å². The van der Waals surface area contributed by atoms with Crippen LogP contribution < -0.4 is 10.6 Å². The molecule has 8 nitrogen and oxygen atoms in total. The number of carbonyl (C=O) groups excluding carboxylic acids is 1. The summed E-state index contributed by atoms with van der Waals surface area (Å²) in [5.74, 6) is 0.0268. The van der Waals surface area contributed by atoms with Gasteiger partial charge in [-0.05, 0) is 48.4 Å². The average molecular weight is 507 g/mol. The van der Waals surface area contributed by atoms with E-state index in [1.54, 1.807) is 37.8 Å². The van der Waals surface area contributed by atoms with Crippen molar-refractivity contribution in [1.82, 2.24) is 19.5 Å². The summed E-state index contributed by atoms with van der Waals surface area (Å²) in [4.78, 5) is 24.8. The van der Waals surface area contributed by atoms with Crippen LogP contribution in [0.15, 0.2) is 73.5 Å². The summed E-state index contributed by atoms with van der Waals surface area (Å²) in [6.45, 7) is 3.35. The Morgan fingerprint density at radius 3 is 2.92 bits per heavy atom. The Hall–Kier alpha value is -4.24. The number of imidazole rings is 1. The van der Waals surface area contributed by atoms with Crippen LogP contribution in [0.2, 0.25) is 5.02 Å². The average Bonchev–Trinajstić information content (AvgIpc) is 3.39. The molecule has 4 rings (SSSR count). The predicted molar refractivity (Wildman–Crippen MR) is 139 cm³/mol. The van der Waals surface area contributed by atoms with E-state index in [4.69, 9.17) is 16.3 Å². The van der Waals surface area contributed by atoms with E-state index in [1.807, 2.05) is 35.0 Å². The topological polar surface area (TPSA) is 94.0 Å². The van der Waals surface area contributed by atoms with E-state index >= 15 is 0 Å². The number of benzene rings is 2. The number of nitrogens with zero attached hydrogens (tertiary/aromatic N) is 4. The van der Waals surface area contributed by atoms with Crippen LogP contribution in [0.4, 0.5) is 21.8 Å². The summed E-state index contributed by atoms with van der Waals surface area (Å²) in [6.07, 6.45) is 10.1. The number of halogens is 2. The fourth-order valence-corrected chi connectivity index (χ4v) is 3.56. The first-order chi connectivity index (χ1) is 17.5. The van der Waals surface area contributed by atoms with Gasteiger partial charge < -0.3 is 19.9 Å². The molecule has 0 bridgehead atoms. The molecular weight excluding hydrogens is 483 g/mol. The summed E-state index contributed by atoms with van der Waals surface area (Å²) in [7, 11) is 0. The number of anilines is 3. The molecule has 184 valence electrons. The maximum absolute atomic E-state index is 13.5. The van der Waals surface area contributed by atoms with Gasteiger partial charge in [0.25, 0.3) is 0 Å². The lowest BCUT2D eigenvalue weighted by Gasteiger charge is -2.14. The fourth-order valence-electron chi connectivity index (χ4n) is 3.38. The molecular formula is C26H24ClFN6O2. The Balaban J connectivity index is 1.61. The first-order valence-corrected chi connectivity index (χ1v) is 11.6. The largest absolute Gasteiger partial charge is 0.463 e. The summed E-state index contributed by atoms with van der Waals surface area (Å²) in [5.41, 5.74) is 3.02. The predicted octanol–water partition coefficient (Wildman–Crippen LogP) is 5.56. The van der Waals surface area contributed by atoms with Gasteiger partial charge in [0, 0.05) is 49.0 Å². The third-order valence-electron chi connectivity index (χ3n) is 5.08. The van der Waals surface area contributed by atoms with Crippen molar-refractivity contribution in [2.24, 2.45) is 0 Å². The third-order valence-corrected chi connectivity index (χ3v) is 5.37. The second kappa shape index (κ2) is 11.9. The van der Waals surface area contributed by atoms with Crippen molar-refractivity contribution < 1.29 is 13.9 Å². The van der Waals surface area contributed by atoms with E-state index in [0.717, 1.165) is 16.7 Å². The molecule has 2 aromatic carbocycles. The Morgan fingerprint density at radius 1 is 1.25 bits per heavy atom. The summed E-state index contributed by atoms with van der Waals surface area (Å²) >= 11 is 5.90. The number of hydrogen-bond donors (Lipinski definition) is 2. The SMILES string of the molecule is CCOC(=O)C=Cc1cccc(-c2cnc(Nc3ccc(F)c(Cl)c3)nc2NCCn2ccnc2)c1. The molecule has 0 atom stereocenters. The second-order valence-corrected chi connectivity index (χ2v) is 8.06. The summed E-state index contributed by atoms with van der Waals surface area (Å²) < 4.78 is 20.4. The van der Waals surface area contributed by atoms with E-state index in [2.05, 4.69) is 25.6 Å². The minimum absolute atomic E-state index is 0.00277. The minimum atomic E-state index is -0.503. The van der Waals surface area contributed by atoms with Gasteiger partial charge in [0.1, 0.15) is 11.6 Å². The maximum Gasteiger partial charge on any atom is 0.330 e. The van der Waals surface area contributed by atoms with Crippen molar-refractivity contribution in [3.05, 3.63) is 89.9 Å². The van der Waals surface area contributed by atoms with Crippen LogP contribution >= 0.6 is 11.6 Å². The first-order valence-electron chi connectivity index (χ1n) is 11.3. The zero-order chi connectivity index (χ0) is 25.3. The molecule has 0 aliphatic rings. The van der Waals surface area contributed by atoms with E-state index in [0.29, 0.717) is 37.1 Å². The van der Waals surface area contributed by atoms with Gasteiger partial charge in [-0.25, -0.2) is 19.2 Å². The molecule has 0 amide bonds. The first kappa shape index (κ1) is 24.9. The van der Waals surface area contributed by atoms with Gasteiger partial charge in [0.15, 0.2) is 0 Å². The molecule has 2 N–H and O–H groups in total. The number of aromatic nitrogens is 4. The molecule has 2 heterocycles. The van der Waals surface area contributed by atoms with Gasteiger partial charge in [-0.15, -0.1) is 0 Å². The van der Waals surface area contributed by atoms with Crippen molar-refractivity contribution in [3.8, 4) is 11.1 Å². The zero-order valence-electron chi connectivity index (χ0n) is 19.5. The van der Waals surface area contributed by atoms with Crippen LogP contribution in [-0.2, 0) is 16.1 Å². The number of rotatable bonds is 10. The Morgan fingerprint density at radius 2 is 2.14 bits per heavy atom. The van der Waals surface area contributed by atoms with Crippen molar-refractivity contribution in [3.63, 3.8) is 0 Å². The molecule has 0 aliphatic heterocycles. The molecule has 0 spiro atoms. The second-order valence-electron chi connectivity index (χ2n) is 7.65. The van der Waals surface area contributed by atoms with Crippen molar-refractivity contribution in [2.45, 2.75) is 13.5 Å². The molecule has 2 aromatic heterocycles. The maximum atomic E-state index is 13.5. The number of carbonyl (C=O) groups is 1. The van der Waals surface area contributed by atoms with Crippen LogP contribution in [0.5, 0.6) is 0 Å². The van der Waals surface area contributed by atoms with Gasteiger partial charge in [-0.1, -0.05) is 29.8 Å². The monoisotopic (exact) mass is 506 g/mol. The highest BCUT2D eigenvalue weighted by molar-refractivity contribution is 6.31. The normalized spacial score (nSPS) is 11.0. The van der Waals surface area contributed by atoms with Gasteiger partial charge in [0.05, 0.1) is 18.0 Å². The summed E-state index contributed by atoms with van der Waals surface area (Å²) in [6, 6.07) is 12.0. The van der Waals surface area contributed by atoms with Crippen LogP contribution in [0.25, 0.3) is 17.2 Å².